The van der Waals surface area contributed by atoms with Gasteiger partial charge < -0.3 is 37.9 Å². The summed E-state index contributed by atoms with van der Waals surface area (Å²) < 4.78 is 50.1. The van der Waals surface area contributed by atoms with Crippen LogP contribution < -0.4 is 4.74 Å². The van der Waals surface area contributed by atoms with Crippen molar-refractivity contribution in [2.45, 2.75) is 90.4 Å². The smallest absolute Gasteiger partial charge is 0.335 e. The van der Waals surface area contributed by atoms with Crippen LogP contribution in [0.4, 0.5) is 0 Å². The second-order valence-corrected chi connectivity index (χ2v) is 13.5. The van der Waals surface area contributed by atoms with E-state index in [1.54, 1.807) is 0 Å². The fourth-order valence-electron chi connectivity index (χ4n) is 6.60. The predicted octanol–water partition coefficient (Wildman–Crippen LogP) is 6.57. The van der Waals surface area contributed by atoms with Gasteiger partial charge >= 0.3 is 11.9 Å². The Kier molecular flexibility index (Phi) is 14.6. The van der Waals surface area contributed by atoms with Gasteiger partial charge in [-0.05, 0) is 46.7 Å². The molecule has 2 heterocycles. The number of carbonyl (C=O) groups excluding carboxylic acids is 2. The largest absolute Gasteiger partial charge is 0.467 e. The highest BCUT2D eigenvalue weighted by molar-refractivity contribution is 5.75. The van der Waals surface area contributed by atoms with Crippen LogP contribution in [0, 0.1) is 17.8 Å². The summed E-state index contributed by atoms with van der Waals surface area (Å²) in [6.07, 6.45) is -5.46. The van der Waals surface area contributed by atoms with Crippen molar-refractivity contribution >= 4 is 11.9 Å². The highest BCUT2D eigenvalue weighted by Crippen LogP contribution is 2.39. The SMILES string of the molecule is COC(=O)C1O[C@@H](O[C@@H]2C(OCc3ccccc3)[C@H](Oc3ccc(CCN=[N+]=[N-])cc3)OC(COCc3ccccc3)[C@@H]2C)C(OC(C)=O)[C@@H](C)[C@@H]1C. The standard InChI is InChI=1S/C40H49N3O10/c1-25-26(2)36(49-28(4)44)39(53-35(25)38(45)46-5)52-34-27(3)33(24-47-22-30-12-8-6-9-13-30)51-40(37(34)48-23-31-14-10-7-11-15-31)50-32-18-16-29(17-19-32)20-21-42-43-41/h6-19,25-27,33-37,39-40H,20-24H2,1-5H3/t25-,26-,27-,33?,34-,35?,36?,37?,39+,40+/m0/s1. The average molecular weight is 732 g/mol. The third kappa shape index (κ3) is 10.8. The van der Waals surface area contributed by atoms with Crippen molar-refractivity contribution in [2.75, 3.05) is 20.3 Å². The summed E-state index contributed by atoms with van der Waals surface area (Å²) in [5.74, 6) is -1.55. The Morgan fingerprint density at radius 3 is 2.06 bits per heavy atom. The van der Waals surface area contributed by atoms with Gasteiger partial charge in [-0.15, -0.1) is 0 Å². The Labute approximate surface area is 310 Å². The van der Waals surface area contributed by atoms with E-state index >= 15 is 0 Å². The third-order valence-electron chi connectivity index (χ3n) is 9.82. The van der Waals surface area contributed by atoms with E-state index in [1.165, 1.54) is 14.0 Å². The molecule has 2 aliphatic rings. The zero-order chi connectivity index (χ0) is 37.7. The normalized spacial score (nSPS) is 28.3. The van der Waals surface area contributed by atoms with E-state index in [0.29, 0.717) is 25.3 Å². The van der Waals surface area contributed by atoms with Crippen molar-refractivity contribution in [3.63, 3.8) is 0 Å². The van der Waals surface area contributed by atoms with E-state index in [4.69, 9.17) is 43.4 Å². The van der Waals surface area contributed by atoms with Gasteiger partial charge in [-0.25, -0.2) is 4.79 Å². The minimum Gasteiger partial charge on any atom is -0.467 e. The topological polar surface area (TPSA) is 157 Å². The van der Waals surface area contributed by atoms with Crippen molar-refractivity contribution in [3.05, 3.63) is 112 Å². The molecule has 284 valence electrons. The second-order valence-electron chi connectivity index (χ2n) is 13.5. The highest BCUT2D eigenvalue weighted by atomic mass is 16.7. The summed E-state index contributed by atoms with van der Waals surface area (Å²) in [7, 11) is 1.31. The Hall–Kier alpha value is -4.49. The number of nitrogens with zero attached hydrogens (tertiary/aromatic N) is 3. The maximum Gasteiger partial charge on any atom is 0.335 e. The summed E-state index contributed by atoms with van der Waals surface area (Å²) >= 11 is 0. The number of azide groups is 1. The Balaban J connectivity index is 1.47. The zero-order valence-corrected chi connectivity index (χ0v) is 30.8. The lowest BCUT2D eigenvalue weighted by atomic mass is 9.83. The van der Waals surface area contributed by atoms with Gasteiger partial charge in [0.2, 0.25) is 6.29 Å². The quantitative estimate of drug-likeness (QED) is 0.0683. The number of esters is 2. The number of benzene rings is 3. The summed E-state index contributed by atoms with van der Waals surface area (Å²) in [6, 6.07) is 27.0. The van der Waals surface area contributed by atoms with Gasteiger partial charge in [0.25, 0.3) is 0 Å². The van der Waals surface area contributed by atoms with Gasteiger partial charge in [-0.3, -0.25) is 4.79 Å². The van der Waals surface area contributed by atoms with Crippen molar-refractivity contribution in [1.29, 1.82) is 0 Å². The molecule has 0 bridgehead atoms. The molecule has 2 fully saturated rings. The molecule has 0 radical (unpaired) electrons. The Morgan fingerprint density at radius 1 is 0.774 bits per heavy atom. The summed E-state index contributed by atoms with van der Waals surface area (Å²) in [5, 5.41) is 3.63. The molecule has 3 aromatic carbocycles. The Morgan fingerprint density at radius 2 is 1.43 bits per heavy atom. The number of hydrogen-bond acceptors (Lipinski definition) is 11. The van der Waals surface area contributed by atoms with Gasteiger partial charge in [-0.1, -0.05) is 98.7 Å². The van der Waals surface area contributed by atoms with Crippen LogP contribution in [0.25, 0.3) is 10.4 Å². The maximum atomic E-state index is 12.9. The van der Waals surface area contributed by atoms with E-state index in [0.717, 1.165) is 16.7 Å². The van der Waals surface area contributed by atoms with Crippen molar-refractivity contribution in [3.8, 4) is 5.75 Å². The van der Waals surface area contributed by atoms with Crippen LogP contribution in [0.3, 0.4) is 0 Å². The van der Waals surface area contributed by atoms with Crippen LogP contribution in [0.5, 0.6) is 5.75 Å². The number of ether oxygens (including phenoxy) is 8. The molecule has 2 saturated heterocycles. The molecule has 3 aromatic rings. The number of rotatable bonds is 16. The van der Waals surface area contributed by atoms with Crippen LogP contribution in [-0.4, -0.2) is 75.3 Å². The van der Waals surface area contributed by atoms with Crippen molar-refractivity contribution in [2.24, 2.45) is 22.9 Å². The molecule has 0 aromatic heterocycles. The van der Waals surface area contributed by atoms with E-state index in [2.05, 4.69) is 10.0 Å². The van der Waals surface area contributed by atoms with Gasteiger partial charge in [-0.2, -0.15) is 0 Å². The van der Waals surface area contributed by atoms with Gasteiger partial charge in [0.05, 0.1) is 39.1 Å². The molecule has 0 aliphatic carbocycles. The number of hydrogen-bond donors (Lipinski definition) is 0. The molecule has 10 atom stereocenters. The van der Waals surface area contributed by atoms with Crippen LogP contribution in [0.15, 0.2) is 90.0 Å². The predicted molar refractivity (Wildman–Crippen MR) is 193 cm³/mol. The molecule has 53 heavy (non-hydrogen) atoms. The van der Waals surface area contributed by atoms with Crippen LogP contribution in [0.1, 0.15) is 44.4 Å². The lowest BCUT2D eigenvalue weighted by molar-refractivity contribution is -0.339. The Bertz CT molecular complexity index is 1640. The van der Waals surface area contributed by atoms with Crippen molar-refractivity contribution < 1.29 is 47.5 Å². The molecule has 13 nitrogen and oxygen atoms in total. The summed E-state index contributed by atoms with van der Waals surface area (Å²) in [6.45, 7) is 8.18. The van der Waals surface area contributed by atoms with Crippen LogP contribution in [-0.2, 0) is 62.4 Å². The molecule has 4 unspecified atom stereocenters. The first kappa shape index (κ1) is 39.7. The van der Waals surface area contributed by atoms with Crippen molar-refractivity contribution in [1.82, 2.24) is 0 Å². The lowest BCUT2D eigenvalue weighted by Crippen LogP contribution is -2.62. The minimum absolute atomic E-state index is 0.205. The maximum absolute atomic E-state index is 12.9. The zero-order valence-electron chi connectivity index (χ0n) is 30.8. The van der Waals surface area contributed by atoms with E-state index < -0.39 is 55.0 Å². The molecule has 0 spiro atoms. The molecule has 0 amide bonds. The third-order valence-corrected chi connectivity index (χ3v) is 9.82. The van der Waals surface area contributed by atoms with Gasteiger partial charge in [0.1, 0.15) is 11.9 Å². The fourth-order valence-corrected chi connectivity index (χ4v) is 6.60. The molecule has 13 heteroatoms. The average Bonchev–Trinajstić information content (AvgIpc) is 3.17. The monoisotopic (exact) mass is 731 g/mol. The van der Waals surface area contributed by atoms with Gasteiger partial charge in [0.15, 0.2) is 18.5 Å². The molecular formula is C40H49N3O10. The van der Waals surface area contributed by atoms with Crippen LogP contribution >= 0.6 is 0 Å². The molecule has 2 aliphatic heterocycles. The van der Waals surface area contributed by atoms with Gasteiger partial charge in [0, 0.05) is 30.2 Å². The van der Waals surface area contributed by atoms with E-state index in [-0.39, 0.29) is 31.0 Å². The highest BCUT2D eigenvalue weighted by Gasteiger charge is 2.53. The lowest BCUT2D eigenvalue weighted by Gasteiger charge is -2.48. The molecule has 5 rings (SSSR count). The minimum atomic E-state index is -1.15. The summed E-state index contributed by atoms with van der Waals surface area (Å²) in [4.78, 5) is 28.1. The second kappa shape index (κ2) is 19.5. The first-order valence-electron chi connectivity index (χ1n) is 17.9. The first-order valence-corrected chi connectivity index (χ1v) is 17.9. The van der Waals surface area contributed by atoms with E-state index in [1.807, 2.05) is 106 Å². The van der Waals surface area contributed by atoms with Crippen LogP contribution in [0.2, 0.25) is 0 Å². The van der Waals surface area contributed by atoms with E-state index in [9.17, 15) is 9.59 Å². The number of methoxy groups -OCH3 is 1. The summed E-state index contributed by atoms with van der Waals surface area (Å²) in [5.41, 5.74) is 11.6. The molecule has 0 N–H and O–H groups in total. The molecular weight excluding hydrogens is 682 g/mol. The fraction of sp³-hybridized carbons (Fsp3) is 0.500. The first-order chi connectivity index (χ1) is 25.7. The molecule has 0 saturated carbocycles. The number of carbonyl (C=O) groups is 2.